The van der Waals surface area contributed by atoms with Gasteiger partial charge in [0.25, 0.3) is 0 Å². The van der Waals surface area contributed by atoms with Gasteiger partial charge >= 0.3 is 0 Å². The minimum atomic E-state index is -1.31. The molecule has 10 heavy (non-hydrogen) atoms. The number of allylic oxidation sites excluding steroid dienone is 1. The van der Waals surface area contributed by atoms with Gasteiger partial charge in [-0.1, -0.05) is 6.08 Å². The first-order valence-corrected chi connectivity index (χ1v) is 2.99. The largest absolute Gasteiger partial charge is 0.550 e. The van der Waals surface area contributed by atoms with Gasteiger partial charge < -0.3 is 9.90 Å². The van der Waals surface area contributed by atoms with E-state index in [1.807, 2.05) is 0 Å². The minimum absolute atomic E-state index is 0.248. The van der Waals surface area contributed by atoms with Crippen molar-refractivity contribution in [3.63, 3.8) is 0 Å². The van der Waals surface area contributed by atoms with Gasteiger partial charge in [-0.15, -0.1) is 6.58 Å². The average molecular weight is 141 g/mol. The van der Waals surface area contributed by atoms with Crippen molar-refractivity contribution >= 4 is 11.8 Å². The Morgan fingerprint density at radius 2 is 2.10 bits per heavy atom. The summed E-state index contributed by atoms with van der Waals surface area (Å²) in [6, 6.07) is 0. The standard InChI is InChI=1S/C7H10O3/c1-2-3-4-6(8)5-7(9)10/h2H,1,3-5H2,(H,9,10)/p-1. The van der Waals surface area contributed by atoms with Crippen molar-refractivity contribution in [2.45, 2.75) is 19.3 Å². The first-order chi connectivity index (χ1) is 4.66. The van der Waals surface area contributed by atoms with Crippen LogP contribution in [-0.4, -0.2) is 11.8 Å². The van der Waals surface area contributed by atoms with Crippen LogP contribution in [0.4, 0.5) is 0 Å². The molecule has 0 saturated heterocycles. The lowest BCUT2D eigenvalue weighted by Crippen LogP contribution is -2.25. The van der Waals surface area contributed by atoms with E-state index in [1.165, 1.54) is 0 Å². The fourth-order valence-electron chi connectivity index (χ4n) is 0.512. The number of hydrogen-bond acceptors (Lipinski definition) is 3. The molecule has 0 atom stereocenters. The van der Waals surface area contributed by atoms with E-state index in [4.69, 9.17) is 0 Å². The summed E-state index contributed by atoms with van der Waals surface area (Å²) in [5, 5.41) is 9.82. The van der Waals surface area contributed by atoms with Gasteiger partial charge in [0.15, 0.2) is 0 Å². The zero-order chi connectivity index (χ0) is 7.98. The van der Waals surface area contributed by atoms with Gasteiger partial charge in [-0.3, -0.25) is 4.79 Å². The summed E-state index contributed by atoms with van der Waals surface area (Å²) in [5.74, 6) is -1.62. The second-order valence-electron chi connectivity index (χ2n) is 1.91. The Balaban J connectivity index is 3.43. The van der Waals surface area contributed by atoms with Gasteiger partial charge in [0.1, 0.15) is 5.78 Å². The summed E-state index contributed by atoms with van der Waals surface area (Å²) in [4.78, 5) is 20.4. The van der Waals surface area contributed by atoms with Crippen molar-refractivity contribution in [3.8, 4) is 0 Å². The zero-order valence-corrected chi connectivity index (χ0v) is 5.63. The molecule has 0 aromatic rings. The molecule has 0 aromatic heterocycles. The highest BCUT2D eigenvalue weighted by molar-refractivity contribution is 5.93. The smallest absolute Gasteiger partial charge is 0.138 e. The van der Waals surface area contributed by atoms with Crippen molar-refractivity contribution in [1.29, 1.82) is 0 Å². The zero-order valence-electron chi connectivity index (χ0n) is 5.63. The molecule has 0 bridgehead atoms. The Morgan fingerprint density at radius 3 is 2.50 bits per heavy atom. The second-order valence-corrected chi connectivity index (χ2v) is 1.91. The normalized spacial score (nSPS) is 8.80. The van der Waals surface area contributed by atoms with Gasteiger partial charge in [0.2, 0.25) is 0 Å². The molecular formula is C7H9O3-. The topological polar surface area (TPSA) is 57.2 Å². The first kappa shape index (κ1) is 8.88. The van der Waals surface area contributed by atoms with Crippen LogP contribution in [0, 0.1) is 0 Å². The van der Waals surface area contributed by atoms with Crippen molar-refractivity contribution in [2.24, 2.45) is 0 Å². The van der Waals surface area contributed by atoms with E-state index >= 15 is 0 Å². The fraction of sp³-hybridized carbons (Fsp3) is 0.429. The summed E-state index contributed by atoms with van der Waals surface area (Å²) in [6.07, 6.45) is 1.88. The maximum absolute atomic E-state index is 10.5. The van der Waals surface area contributed by atoms with Crippen LogP contribution in [0.25, 0.3) is 0 Å². The van der Waals surface area contributed by atoms with E-state index in [0.29, 0.717) is 6.42 Å². The number of carboxylic acid groups (broad SMARTS) is 1. The summed E-state index contributed by atoms with van der Waals surface area (Å²) in [7, 11) is 0. The fourth-order valence-corrected chi connectivity index (χ4v) is 0.512. The molecule has 0 radical (unpaired) electrons. The van der Waals surface area contributed by atoms with Crippen LogP contribution in [0.15, 0.2) is 12.7 Å². The quantitative estimate of drug-likeness (QED) is 0.389. The molecule has 3 nitrogen and oxygen atoms in total. The summed E-state index contributed by atoms with van der Waals surface area (Å²) in [6.45, 7) is 3.40. The number of carbonyl (C=O) groups excluding carboxylic acids is 2. The average Bonchev–Trinajstić information content (AvgIpc) is 1.82. The molecule has 0 rings (SSSR count). The van der Waals surface area contributed by atoms with E-state index < -0.39 is 12.4 Å². The second kappa shape index (κ2) is 4.73. The SMILES string of the molecule is C=CCCC(=O)CC(=O)[O-]. The van der Waals surface area contributed by atoms with E-state index in [-0.39, 0.29) is 12.2 Å². The molecule has 0 aliphatic rings. The molecule has 56 valence electrons. The van der Waals surface area contributed by atoms with Crippen molar-refractivity contribution in [2.75, 3.05) is 0 Å². The third kappa shape index (κ3) is 5.03. The summed E-state index contributed by atoms with van der Waals surface area (Å²) < 4.78 is 0. The van der Waals surface area contributed by atoms with Crippen LogP contribution in [0.5, 0.6) is 0 Å². The summed E-state index contributed by atoms with van der Waals surface area (Å²) in [5.41, 5.74) is 0. The number of Topliss-reactive ketones (excluding diaryl/α,β-unsaturated/α-hetero) is 1. The molecule has 0 aliphatic carbocycles. The number of hydrogen-bond donors (Lipinski definition) is 0. The molecule has 0 aromatic carbocycles. The molecule has 0 fully saturated rings. The number of ketones is 1. The molecule has 0 saturated carbocycles. The van der Waals surface area contributed by atoms with Crippen LogP contribution in [0.1, 0.15) is 19.3 Å². The number of carbonyl (C=O) groups is 2. The van der Waals surface area contributed by atoms with Crippen LogP contribution < -0.4 is 5.11 Å². The third-order valence-corrected chi connectivity index (χ3v) is 0.969. The predicted octanol–water partition coefficient (Wildman–Crippen LogP) is -0.338. The molecule has 3 heteroatoms. The van der Waals surface area contributed by atoms with Crippen molar-refractivity contribution in [1.82, 2.24) is 0 Å². The van der Waals surface area contributed by atoms with Crippen molar-refractivity contribution in [3.05, 3.63) is 12.7 Å². The van der Waals surface area contributed by atoms with Crippen LogP contribution >= 0.6 is 0 Å². The molecule has 0 unspecified atom stereocenters. The van der Waals surface area contributed by atoms with Crippen LogP contribution in [0.2, 0.25) is 0 Å². The Hall–Kier alpha value is -1.12. The highest BCUT2D eigenvalue weighted by Gasteiger charge is 1.98. The highest BCUT2D eigenvalue weighted by atomic mass is 16.4. The molecule has 0 amide bonds. The Bertz CT molecular complexity index is 149. The number of rotatable bonds is 5. The number of carboxylic acids is 1. The van der Waals surface area contributed by atoms with Gasteiger partial charge in [0.05, 0.1) is 0 Å². The molecule has 0 aliphatic heterocycles. The lowest BCUT2D eigenvalue weighted by atomic mass is 10.2. The molecule has 0 N–H and O–H groups in total. The third-order valence-electron chi connectivity index (χ3n) is 0.969. The maximum Gasteiger partial charge on any atom is 0.138 e. The lowest BCUT2D eigenvalue weighted by Gasteiger charge is -1.97. The van der Waals surface area contributed by atoms with Crippen molar-refractivity contribution < 1.29 is 14.7 Å². The van der Waals surface area contributed by atoms with E-state index in [2.05, 4.69) is 6.58 Å². The predicted molar refractivity (Wildman–Crippen MR) is 34.1 cm³/mol. The summed E-state index contributed by atoms with van der Waals surface area (Å²) >= 11 is 0. The van der Waals surface area contributed by atoms with Gasteiger partial charge in [-0.25, -0.2) is 0 Å². The monoisotopic (exact) mass is 141 g/mol. The van der Waals surface area contributed by atoms with E-state index in [9.17, 15) is 14.7 Å². The first-order valence-electron chi connectivity index (χ1n) is 2.99. The van der Waals surface area contributed by atoms with Gasteiger partial charge in [-0.05, 0) is 6.42 Å². The van der Waals surface area contributed by atoms with Crippen LogP contribution in [0.3, 0.4) is 0 Å². The molecular weight excluding hydrogens is 132 g/mol. The molecule has 0 spiro atoms. The minimum Gasteiger partial charge on any atom is -0.550 e. The van der Waals surface area contributed by atoms with Gasteiger partial charge in [-0.2, -0.15) is 0 Å². The van der Waals surface area contributed by atoms with E-state index in [0.717, 1.165) is 0 Å². The lowest BCUT2D eigenvalue weighted by molar-refractivity contribution is -0.304. The van der Waals surface area contributed by atoms with E-state index in [1.54, 1.807) is 6.08 Å². The van der Waals surface area contributed by atoms with Crippen LogP contribution in [-0.2, 0) is 9.59 Å². The number of aliphatic carboxylic acids is 1. The highest BCUT2D eigenvalue weighted by Crippen LogP contribution is 1.93. The Kier molecular flexibility index (Phi) is 4.20. The van der Waals surface area contributed by atoms with Gasteiger partial charge in [0, 0.05) is 18.8 Å². The Morgan fingerprint density at radius 1 is 1.50 bits per heavy atom. The maximum atomic E-state index is 10.5. The molecule has 0 heterocycles. The Labute approximate surface area is 59.4 Å².